The number of hydrogen-bond acceptors (Lipinski definition) is 5. The van der Waals surface area contributed by atoms with E-state index in [1.165, 1.54) is 0 Å². The minimum Gasteiger partial charge on any atom is -0.490 e. The first-order chi connectivity index (χ1) is 15.7. The lowest BCUT2D eigenvalue weighted by Crippen LogP contribution is -2.01. The molecule has 0 radical (unpaired) electrons. The van der Waals surface area contributed by atoms with Crippen molar-refractivity contribution in [1.82, 2.24) is 14.9 Å². The van der Waals surface area contributed by atoms with Crippen LogP contribution >= 0.6 is 28.1 Å². The minimum absolute atomic E-state index is 0.407. The van der Waals surface area contributed by atoms with E-state index in [-0.39, 0.29) is 0 Å². The molecule has 0 atom stereocenters. The largest absolute Gasteiger partial charge is 0.490 e. The molecule has 0 aliphatic rings. The topological polar surface area (TPSA) is 64.4 Å². The number of nitrogens with zero attached hydrogens (tertiary/aromatic N) is 3. The molecule has 0 aliphatic carbocycles. The van der Waals surface area contributed by atoms with E-state index in [1.54, 1.807) is 10.9 Å². The maximum atomic E-state index is 6.02. The van der Waals surface area contributed by atoms with Gasteiger partial charge in [-0.1, -0.05) is 60.7 Å². The van der Waals surface area contributed by atoms with E-state index in [4.69, 9.17) is 21.7 Å². The van der Waals surface area contributed by atoms with Crippen LogP contribution in [0.4, 0.5) is 0 Å². The molecule has 4 rings (SSSR count). The first kappa shape index (κ1) is 22.0. The highest BCUT2D eigenvalue weighted by molar-refractivity contribution is 9.10. The van der Waals surface area contributed by atoms with Gasteiger partial charge >= 0.3 is 0 Å². The Morgan fingerprint density at radius 2 is 1.72 bits per heavy atom. The second-order valence-electron chi connectivity index (χ2n) is 6.80. The van der Waals surface area contributed by atoms with Gasteiger partial charge in [0.1, 0.15) is 6.61 Å². The van der Waals surface area contributed by atoms with Crippen LogP contribution < -0.4 is 9.47 Å². The minimum atomic E-state index is 0.407. The second kappa shape index (κ2) is 10.4. The molecular formula is C24H21BrN4O2S. The van der Waals surface area contributed by atoms with Gasteiger partial charge in [0.25, 0.3) is 0 Å². The van der Waals surface area contributed by atoms with Crippen LogP contribution in [-0.2, 0) is 6.61 Å². The highest BCUT2D eigenvalue weighted by Crippen LogP contribution is 2.34. The number of halogens is 1. The lowest BCUT2D eigenvalue weighted by molar-refractivity contribution is 0.269. The van der Waals surface area contributed by atoms with E-state index in [0.29, 0.717) is 35.3 Å². The quantitative estimate of drug-likeness (QED) is 0.226. The van der Waals surface area contributed by atoms with Crippen LogP contribution in [0, 0.1) is 4.77 Å². The summed E-state index contributed by atoms with van der Waals surface area (Å²) in [4.78, 5) is 0. The van der Waals surface area contributed by atoms with Crippen LogP contribution in [0.15, 0.2) is 82.4 Å². The summed E-state index contributed by atoms with van der Waals surface area (Å²) in [6, 6.07) is 23.5. The zero-order valence-corrected chi connectivity index (χ0v) is 19.8. The van der Waals surface area contributed by atoms with Gasteiger partial charge in [-0.25, -0.2) is 5.10 Å². The number of ether oxygens (including phenoxy) is 2. The summed E-state index contributed by atoms with van der Waals surface area (Å²) in [7, 11) is 0. The van der Waals surface area contributed by atoms with Crippen molar-refractivity contribution in [3.05, 3.63) is 93.2 Å². The number of aromatic amines is 1. The van der Waals surface area contributed by atoms with Crippen LogP contribution in [0.25, 0.3) is 11.4 Å². The van der Waals surface area contributed by atoms with E-state index >= 15 is 0 Å². The summed E-state index contributed by atoms with van der Waals surface area (Å²) in [5, 5.41) is 11.7. The zero-order chi connectivity index (χ0) is 22.3. The fraction of sp³-hybridized carbons (Fsp3) is 0.125. The van der Waals surface area contributed by atoms with Crippen LogP contribution in [0.5, 0.6) is 11.5 Å². The van der Waals surface area contributed by atoms with Crippen LogP contribution in [0.3, 0.4) is 0 Å². The van der Waals surface area contributed by atoms with E-state index in [1.807, 2.05) is 79.7 Å². The molecule has 1 N–H and O–H groups in total. The normalized spacial score (nSPS) is 11.1. The van der Waals surface area contributed by atoms with E-state index in [9.17, 15) is 0 Å². The average Bonchev–Trinajstić information content (AvgIpc) is 3.19. The van der Waals surface area contributed by atoms with Gasteiger partial charge < -0.3 is 9.47 Å². The Morgan fingerprint density at radius 1 is 1.03 bits per heavy atom. The van der Waals surface area contributed by atoms with E-state index in [2.05, 4.69) is 31.2 Å². The van der Waals surface area contributed by atoms with Crippen molar-refractivity contribution in [3.63, 3.8) is 0 Å². The lowest BCUT2D eigenvalue weighted by Gasteiger charge is -2.14. The van der Waals surface area contributed by atoms with Crippen molar-refractivity contribution in [2.45, 2.75) is 13.5 Å². The van der Waals surface area contributed by atoms with Gasteiger partial charge in [0.05, 0.1) is 12.8 Å². The maximum absolute atomic E-state index is 6.02. The summed E-state index contributed by atoms with van der Waals surface area (Å²) in [5.41, 5.74) is 2.82. The molecule has 4 aromatic rings. The molecular weight excluding hydrogens is 488 g/mol. The number of nitrogens with one attached hydrogen (secondary N) is 1. The van der Waals surface area contributed by atoms with Crippen molar-refractivity contribution in [2.24, 2.45) is 5.10 Å². The number of rotatable bonds is 8. The predicted octanol–water partition coefficient (Wildman–Crippen LogP) is 6.23. The SMILES string of the molecule is CCOc1cc(/C=N\n2c(-c3ccccc3)n[nH]c2=S)c(Br)cc1OCc1ccccc1. The van der Waals surface area contributed by atoms with Gasteiger partial charge in [-0.3, -0.25) is 0 Å². The molecule has 0 unspecified atom stereocenters. The molecule has 32 heavy (non-hydrogen) atoms. The molecule has 3 aromatic carbocycles. The molecule has 8 heteroatoms. The van der Waals surface area contributed by atoms with Crippen molar-refractivity contribution < 1.29 is 9.47 Å². The third-order valence-corrected chi connectivity index (χ3v) is 5.55. The van der Waals surface area contributed by atoms with Crippen LogP contribution in [0.2, 0.25) is 0 Å². The van der Waals surface area contributed by atoms with Crippen LogP contribution in [-0.4, -0.2) is 27.7 Å². The van der Waals surface area contributed by atoms with Crippen molar-refractivity contribution in [3.8, 4) is 22.9 Å². The monoisotopic (exact) mass is 508 g/mol. The standard InChI is InChI=1S/C24H21BrN4O2S/c1-2-30-21-13-19(20(25)14-22(21)31-16-17-9-5-3-6-10-17)15-26-29-23(27-28-24(29)32)18-11-7-4-8-12-18/h3-15H,2,16H2,1H3,(H,28,32)/b26-15-. The third-order valence-electron chi connectivity index (χ3n) is 4.59. The smallest absolute Gasteiger partial charge is 0.216 e. The molecule has 0 amide bonds. The fourth-order valence-electron chi connectivity index (χ4n) is 3.06. The van der Waals surface area contributed by atoms with Crippen molar-refractivity contribution in [1.29, 1.82) is 0 Å². The Bertz CT molecular complexity index is 1270. The number of benzene rings is 3. The highest BCUT2D eigenvalue weighted by Gasteiger charge is 2.12. The highest BCUT2D eigenvalue weighted by atomic mass is 79.9. The fourth-order valence-corrected chi connectivity index (χ4v) is 3.66. The zero-order valence-electron chi connectivity index (χ0n) is 17.4. The molecule has 1 aromatic heterocycles. The third kappa shape index (κ3) is 5.15. The Hall–Kier alpha value is -3.23. The average molecular weight is 509 g/mol. The summed E-state index contributed by atoms with van der Waals surface area (Å²) in [5.74, 6) is 1.94. The number of H-pyrrole nitrogens is 1. The second-order valence-corrected chi connectivity index (χ2v) is 8.04. The Kier molecular flexibility index (Phi) is 7.14. The number of aromatic nitrogens is 3. The predicted molar refractivity (Wildman–Crippen MR) is 132 cm³/mol. The lowest BCUT2D eigenvalue weighted by atomic mass is 10.2. The Morgan fingerprint density at radius 3 is 2.44 bits per heavy atom. The first-order valence-electron chi connectivity index (χ1n) is 10.1. The van der Waals surface area contributed by atoms with Gasteiger partial charge in [0.15, 0.2) is 17.3 Å². The van der Waals surface area contributed by atoms with Crippen molar-refractivity contribution >= 4 is 34.4 Å². The molecule has 0 fully saturated rings. The van der Waals surface area contributed by atoms with Gasteiger partial charge in [-0.15, -0.1) is 0 Å². The van der Waals surface area contributed by atoms with Gasteiger partial charge in [-0.2, -0.15) is 14.9 Å². The molecule has 0 bridgehead atoms. The van der Waals surface area contributed by atoms with Crippen LogP contribution in [0.1, 0.15) is 18.1 Å². The maximum Gasteiger partial charge on any atom is 0.216 e. The van der Waals surface area contributed by atoms with Gasteiger partial charge in [0.2, 0.25) is 4.77 Å². The van der Waals surface area contributed by atoms with Crippen molar-refractivity contribution in [2.75, 3.05) is 6.61 Å². The molecule has 162 valence electrons. The van der Waals surface area contributed by atoms with E-state index in [0.717, 1.165) is 21.2 Å². The molecule has 0 spiro atoms. The van der Waals surface area contributed by atoms with Gasteiger partial charge in [-0.05, 0) is 52.8 Å². The summed E-state index contributed by atoms with van der Waals surface area (Å²) < 4.78 is 14.7. The van der Waals surface area contributed by atoms with E-state index < -0.39 is 0 Å². The number of hydrogen-bond donors (Lipinski definition) is 1. The molecule has 0 saturated carbocycles. The Labute approximate surface area is 199 Å². The summed E-state index contributed by atoms with van der Waals surface area (Å²) >= 11 is 8.98. The van der Waals surface area contributed by atoms with Gasteiger partial charge in [0, 0.05) is 15.6 Å². The molecule has 0 aliphatic heterocycles. The summed E-state index contributed by atoms with van der Waals surface area (Å²) in [6.45, 7) is 2.91. The molecule has 6 nitrogen and oxygen atoms in total. The first-order valence-corrected chi connectivity index (χ1v) is 11.3. The molecule has 1 heterocycles. The molecule has 0 saturated heterocycles. The Balaban J connectivity index is 1.62. The summed E-state index contributed by atoms with van der Waals surface area (Å²) in [6.07, 6.45) is 1.71.